The van der Waals surface area contributed by atoms with Gasteiger partial charge in [-0.15, -0.1) is 0 Å². The van der Waals surface area contributed by atoms with Gasteiger partial charge in [0.25, 0.3) is 5.91 Å². The van der Waals surface area contributed by atoms with Crippen molar-refractivity contribution in [2.75, 3.05) is 6.61 Å². The van der Waals surface area contributed by atoms with Gasteiger partial charge in [-0.25, -0.2) is 4.79 Å². The molecule has 1 N–H and O–H groups in total. The van der Waals surface area contributed by atoms with E-state index < -0.39 is 5.97 Å². The topological polar surface area (TPSA) is 60.3 Å². The smallest absolute Gasteiger partial charge is 0.355 e. The summed E-state index contributed by atoms with van der Waals surface area (Å²) in [6.45, 7) is -0.317. The summed E-state index contributed by atoms with van der Waals surface area (Å²) in [5.74, 6) is -0.848. The van der Waals surface area contributed by atoms with E-state index in [0.29, 0.717) is 12.1 Å². The average Bonchev–Trinajstić information content (AvgIpc) is 3.13. The highest BCUT2D eigenvalue weighted by atomic mass is 16.5. The maximum Gasteiger partial charge on any atom is 0.355 e. The number of rotatable bonds is 7. The molecule has 1 amide bonds. The maximum atomic E-state index is 12.4. The highest BCUT2D eigenvalue weighted by Crippen LogP contribution is 2.18. The number of hydrogen-bond donors (Lipinski definition) is 1. The predicted octanol–water partition coefficient (Wildman–Crippen LogP) is 3.28. The molecule has 0 radical (unpaired) electrons. The summed E-state index contributed by atoms with van der Waals surface area (Å²) in [6, 6.07) is 22.9. The van der Waals surface area contributed by atoms with Crippen molar-refractivity contribution in [3.63, 3.8) is 0 Å². The maximum absolute atomic E-state index is 12.4. The van der Waals surface area contributed by atoms with Gasteiger partial charge in [0.15, 0.2) is 6.61 Å². The van der Waals surface area contributed by atoms with E-state index in [1.165, 1.54) is 0 Å². The molecule has 1 heterocycles. The first-order valence-corrected chi connectivity index (χ1v) is 8.80. The molecule has 0 aliphatic carbocycles. The molecule has 3 aromatic rings. The van der Waals surface area contributed by atoms with E-state index in [2.05, 4.69) is 5.32 Å². The van der Waals surface area contributed by atoms with Crippen LogP contribution in [0.3, 0.4) is 0 Å². The first kappa shape index (κ1) is 18.5. The van der Waals surface area contributed by atoms with Gasteiger partial charge < -0.3 is 14.6 Å². The lowest BCUT2D eigenvalue weighted by Gasteiger charge is -2.19. The van der Waals surface area contributed by atoms with Gasteiger partial charge in [-0.1, -0.05) is 60.7 Å². The zero-order valence-corrected chi connectivity index (χ0v) is 15.2. The number of carbonyl (C=O) groups excluding carboxylic acids is 2. The summed E-state index contributed by atoms with van der Waals surface area (Å²) in [5, 5.41) is 2.97. The van der Waals surface area contributed by atoms with Crippen LogP contribution in [0.15, 0.2) is 79.0 Å². The number of hydrogen-bond acceptors (Lipinski definition) is 3. The largest absolute Gasteiger partial charge is 0.451 e. The van der Waals surface area contributed by atoms with Gasteiger partial charge in [-0.2, -0.15) is 0 Å². The highest BCUT2D eigenvalue weighted by molar-refractivity contribution is 5.90. The minimum Gasteiger partial charge on any atom is -0.451 e. The molecule has 5 heteroatoms. The molecule has 2 aromatic carbocycles. The standard InChI is InChI=1S/C22H22N2O3/c1-24-14-8-13-20(24)22(26)27-16-21(25)23-19(18-11-6-3-7-12-18)15-17-9-4-2-5-10-17/h2-14,19H,15-16H2,1H3,(H,23,25)/t19-/m0/s1. The van der Waals surface area contributed by atoms with Crippen molar-refractivity contribution in [1.82, 2.24) is 9.88 Å². The summed E-state index contributed by atoms with van der Waals surface area (Å²) < 4.78 is 6.80. The lowest BCUT2D eigenvalue weighted by Crippen LogP contribution is -2.33. The second-order valence-electron chi connectivity index (χ2n) is 6.30. The second kappa shape index (κ2) is 8.85. The fraction of sp³-hybridized carbons (Fsp3) is 0.182. The molecule has 1 aromatic heterocycles. The van der Waals surface area contributed by atoms with Crippen molar-refractivity contribution >= 4 is 11.9 Å². The van der Waals surface area contributed by atoms with Crippen molar-refractivity contribution < 1.29 is 14.3 Å². The number of nitrogens with zero attached hydrogens (tertiary/aromatic N) is 1. The van der Waals surface area contributed by atoms with Crippen LogP contribution in [0.1, 0.15) is 27.7 Å². The number of aryl methyl sites for hydroxylation is 1. The Labute approximate surface area is 158 Å². The molecular formula is C22H22N2O3. The first-order valence-electron chi connectivity index (χ1n) is 8.80. The summed E-state index contributed by atoms with van der Waals surface area (Å²) in [6.07, 6.45) is 2.41. The van der Waals surface area contributed by atoms with Gasteiger partial charge in [0, 0.05) is 13.2 Å². The Bertz CT molecular complexity index is 888. The Morgan fingerprint density at radius 3 is 2.26 bits per heavy atom. The zero-order chi connectivity index (χ0) is 19.1. The van der Waals surface area contributed by atoms with Crippen molar-refractivity contribution in [1.29, 1.82) is 0 Å². The summed E-state index contributed by atoms with van der Waals surface area (Å²) in [4.78, 5) is 24.4. The normalized spacial score (nSPS) is 11.6. The molecule has 138 valence electrons. The molecule has 1 atom stereocenters. The number of aromatic nitrogens is 1. The lowest BCUT2D eigenvalue weighted by atomic mass is 9.99. The van der Waals surface area contributed by atoms with Crippen LogP contribution < -0.4 is 5.32 Å². The summed E-state index contributed by atoms with van der Waals surface area (Å²) in [7, 11) is 1.75. The fourth-order valence-electron chi connectivity index (χ4n) is 2.90. The molecule has 0 unspecified atom stereocenters. The third-order valence-corrected chi connectivity index (χ3v) is 4.31. The van der Waals surface area contributed by atoms with Gasteiger partial charge in [0.2, 0.25) is 0 Å². The predicted molar refractivity (Wildman–Crippen MR) is 103 cm³/mol. The van der Waals surface area contributed by atoms with E-state index in [9.17, 15) is 9.59 Å². The van der Waals surface area contributed by atoms with Crippen LogP contribution in [0, 0.1) is 0 Å². The number of benzene rings is 2. The molecule has 0 spiro atoms. The number of amides is 1. The molecule has 0 saturated heterocycles. The van der Waals surface area contributed by atoms with Crippen LogP contribution in [-0.4, -0.2) is 23.1 Å². The van der Waals surface area contributed by atoms with Crippen molar-refractivity contribution in [3.8, 4) is 0 Å². The van der Waals surface area contributed by atoms with E-state index in [-0.39, 0.29) is 18.6 Å². The molecule has 0 saturated carbocycles. The monoisotopic (exact) mass is 362 g/mol. The van der Waals surface area contributed by atoms with E-state index >= 15 is 0 Å². The number of nitrogens with one attached hydrogen (secondary N) is 1. The third kappa shape index (κ3) is 5.07. The third-order valence-electron chi connectivity index (χ3n) is 4.31. The van der Waals surface area contributed by atoms with Crippen LogP contribution in [0.4, 0.5) is 0 Å². The number of esters is 1. The highest BCUT2D eigenvalue weighted by Gasteiger charge is 2.17. The molecule has 0 bridgehead atoms. The molecule has 3 rings (SSSR count). The Morgan fingerprint density at radius 2 is 1.63 bits per heavy atom. The van der Waals surface area contributed by atoms with E-state index in [0.717, 1.165) is 11.1 Å². The SMILES string of the molecule is Cn1cccc1C(=O)OCC(=O)N[C@@H](Cc1ccccc1)c1ccccc1. The minimum atomic E-state index is -0.517. The van der Waals surface area contributed by atoms with Gasteiger partial charge in [-0.05, 0) is 29.7 Å². The summed E-state index contributed by atoms with van der Waals surface area (Å²) >= 11 is 0. The summed E-state index contributed by atoms with van der Waals surface area (Å²) in [5.41, 5.74) is 2.53. The Kier molecular flexibility index (Phi) is 6.05. The minimum absolute atomic E-state index is 0.199. The van der Waals surface area contributed by atoms with Crippen molar-refractivity contribution in [3.05, 3.63) is 95.8 Å². The fourth-order valence-corrected chi connectivity index (χ4v) is 2.90. The van der Waals surface area contributed by atoms with Gasteiger partial charge in [-0.3, -0.25) is 4.79 Å². The quantitative estimate of drug-likeness (QED) is 0.656. The number of ether oxygens (including phenoxy) is 1. The second-order valence-corrected chi connectivity index (χ2v) is 6.30. The van der Waals surface area contributed by atoms with Crippen LogP contribution in [0.2, 0.25) is 0 Å². The van der Waals surface area contributed by atoms with Gasteiger partial charge in [0.05, 0.1) is 6.04 Å². The first-order chi connectivity index (χ1) is 13.1. The molecule has 0 fully saturated rings. The Balaban J connectivity index is 1.64. The average molecular weight is 362 g/mol. The van der Waals surface area contributed by atoms with Crippen molar-refractivity contribution in [2.45, 2.75) is 12.5 Å². The van der Waals surface area contributed by atoms with Crippen LogP contribution >= 0.6 is 0 Å². The zero-order valence-electron chi connectivity index (χ0n) is 15.2. The van der Waals surface area contributed by atoms with Crippen LogP contribution in [-0.2, 0) is 23.0 Å². The van der Waals surface area contributed by atoms with Gasteiger partial charge in [0.1, 0.15) is 5.69 Å². The molecule has 0 aliphatic heterocycles. The van der Waals surface area contributed by atoms with E-state index in [1.807, 2.05) is 60.7 Å². The number of carbonyl (C=O) groups is 2. The molecule has 27 heavy (non-hydrogen) atoms. The van der Waals surface area contributed by atoms with Crippen LogP contribution in [0.25, 0.3) is 0 Å². The van der Waals surface area contributed by atoms with E-state index in [1.54, 1.807) is 29.9 Å². The lowest BCUT2D eigenvalue weighted by molar-refractivity contribution is -0.125. The molecular weight excluding hydrogens is 340 g/mol. The Morgan fingerprint density at radius 1 is 0.963 bits per heavy atom. The molecule has 5 nitrogen and oxygen atoms in total. The Hall–Kier alpha value is -3.34. The van der Waals surface area contributed by atoms with E-state index in [4.69, 9.17) is 4.74 Å². The van der Waals surface area contributed by atoms with Crippen LogP contribution in [0.5, 0.6) is 0 Å². The van der Waals surface area contributed by atoms with Gasteiger partial charge >= 0.3 is 5.97 Å². The molecule has 0 aliphatic rings. The van der Waals surface area contributed by atoms with Crippen molar-refractivity contribution in [2.24, 2.45) is 7.05 Å².